The second-order valence-corrected chi connectivity index (χ2v) is 29.0. The third kappa shape index (κ3) is 67.6. The molecule has 0 aromatic heterocycles. The molecule has 17 nitrogen and oxygen atoms in total. The molecule has 0 aliphatic rings. The van der Waals surface area contributed by atoms with Crippen LogP contribution in [-0.2, 0) is 65.4 Å². The fraction of sp³-hybridized carbons (Fsp3) is 0.840. The number of rotatable bonds is 71. The Morgan fingerprint density at radius 3 is 0.872 bits per heavy atom. The maximum Gasteiger partial charge on any atom is 0.472 e. The van der Waals surface area contributed by atoms with Gasteiger partial charge in [0, 0.05) is 25.7 Å². The highest BCUT2D eigenvalue weighted by Gasteiger charge is 2.30. The fourth-order valence-electron chi connectivity index (χ4n) is 10.4. The Labute approximate surface area is 572 Å². The molecule has 0 saturated heterocycles. The molecule has 0 bridgehead atoms. The van der Waals surface area contributed by atoms with Gasteiger partial charge >= 0.3 is 39.5 Å². The number of allylic oxidation sites excluding steroid dienone is 8. The molecule has 0 amide bonds. The molecule has 550 valence electrons. The van der Waals surface area contributed by atoms with E-state index in [2.05, 4.69) is 83.2 Å². The Kier molecular flexibility index (Phi) is 65.1. The summed E-state index contributed by atoms with van der Waals surface area (Å²) in [5, 5.41) is 10.6. The van der Waals surface area contributed by atoms with Gasteiger partial charge in [-0.2, -0.15) is 0 Å². The highest BCUT2D eigenvalue weighted by atomic mass is 31.2. The standard InChI is InChI=1S/C75H138O17P2/c1-6-9-12-15-18-21-23-25-27-31-35-39-44-49-54-59-73(78)86-65-71(92-75(80)61-56-51-46-41-37-33-29-30-34-38-42-47-52-57-68(4)5)67-90-94(83,84)88-63-69(76)62-87-93(81,82)89-66-70(64-85-72(77)58-53-48-43-20-17-14-11-8-3)91-74(79)60-55-50-45-40-36-32-28-26-24-22-19-16-13-10-7-2/h21-28,68-71,76H,6-20,29-67H2,1-5H3,(H,81,82)(H,83,84)/b23-21-,24-22-,27-25-,28-26-/t69-,70+,71+/m0/s1. The molecule has 0 aromatic carbocycles. The van der Waals surface area contributed by atoms with Crippen molar-refractivity contribution in [3.05, 3.63) is 48.6 Å². The van der Waals surface area contributed by atoms with E-state index in [0.29, 0.717) is 25.7 Å². The lowest BCUT2D eigenvalue weighted by Gasteiger charge is -2.21. The van der Waals surface area contributed by atoms with Crippen LogP contribution in [0.5, 0.6) is 0 Å². The zero-order valence-electron chi connectivity index (χ0n) is 60.1. The highest BCUT2D eigenvalue weighted by Crippen LogP contribution is 2.45. The number of phosphoric ester groups is 2. The van der Waals surface area contributed by atoms with Crippen LogP contribution in [0.4, 0.5) is 0 Å². The van der Waals surface area contributed by atoms with Gasteiger partial charge in [0.1, 0.15) is 19.3 Å². The normalized spacial score (nSPS) is 14.3. The van der Waals surface area contributed by atoms with Crippen LogP contribution in [0.15, 0.2) is 48.6 Å². The first kappa shape index (κ1) is 91.0. The Hall–Kier alpha value is -2.98. The zero-order valence-corrected chi connectivity index (χ0v) is 61.9. The predicted octanol–water partition coefficient (Wildman–Crippen LogP) is 21.2. The van der Waals surface area contributed by atoms with E-state index in [0.717, 1.165) is 134 Å². The molecule has 94 heavy (non-hydrogen) atoms. The SMILES string of the molecule is CCCCCC/C=C\C=C/CCCCCCCC(=O)OC[C@H](COP(=O)(O)OC[C@@H](O)COP(=O)(O)OC[C@@H](COC(=O)CCCCCCCCCC)OC(=O)CCCCCCC/C=C\C=C/CCCCCC)OC(=O)CCCCCCCCCCCCCCCC(C)C. The van der Waals surface area contributed by atoms with Crippen LogP contribution >= 0.6 is 15.6 Å². The molecule has 0 aliphatic heterocycles. The van der Waals surface area contributed by atoms with Gasteiger partial charge in [0.25, 0.3) is 0 Å². The first-order valence-corrected chi connectivity index (χ1v) is 40.8. The molecule has 5 atom stereocenters. The largest absolute Gasteiger partial charge is 0.472 e. The minimum absolute atomic E-state index is 0.0826. The summed E-state index contributed by atoms with van der Waals surface area (Å²) in [6.45, 7) is 7.14. The summed E-state index contributed by atoms with van der Waals surface area (Å²) in [4.78, 5) is 72.6. The van der Waals surface area contributed by atoms with Gasteiger partial charge in [-0.3, -0.25) is 37.3 Å². The van der Waals surface area contributed by atoms with E-state index in [4.69, 9.17) is 37.0 Å². The summed E-state index contributed by atoms with van der Waals surface area (Å²) < 4.78 is 68.3. The Bertz CT molecular complexity index is 1990. The number of aliphatic hydroxyl groups is 1. The lowest BCUT2D eigenvalue weighted by Crippen LogP contribution is -2.30. The lowest BCUT2D eigenvalue weighted by molar-refractivity contribution is -0.161. The van der Waals surface area contributed by atoms with Crippen molar-refractivity contribution >= 4 is 39.5 Å². The van der Waals surface area contributed by atoms with Crippen LogP contribution in [0.3, 0.4) is 0 Å². The number of esters is 4. The smallest absolute Gasteiger partial charge is 0.462 e. The highest BCUT2D eigenvalue weighted by molar-refractivity contribution is 7.47. The van der Waals surface area contributed by atoms with Gasteiger partial charge < -0.3 is 33.8 Å². The number of aliphatic hydroxyl groups excluding tert-OH is 1. The molecule has 19 heteroatoms. The molecular formula is C75H138O17P2. The number of phosphoric acid groups is 2. The number of hydrogen-bond acceptors (Lipinski definition) is 15. The first-order chi connectivity index (χ1) is 45.5. The summed E-state index contributed by atoms with van der Waals surface area (Å²) in [7, 11) is -9.93. The summed E-state index contributed by atoms with van der Waals surface area (Å²) in [6, 6.07) is 0. The van der Waals surface area contributed by atoms with E-state index < -0.39 is 97.5 Å². The average molecular weight is 1370 g/mol. The second-order valence-electron chi connectivity index (χ2n) is 26.1. The molecule has 0 radical (unpaired) electrons. The van der Waals surface area contributed by atoms with Crippen LogP contribution in [0.1, 0.15) is 343 Å². The number of ether oxygens (including phenoxy) is 4. The van der Waals surface area contributed by atoms with Crippen molar-refractivity contribution < 1.29 is 80.2 Å². The van der Waals surface area contributed by atoms with Crippen LogP contribution < -0.4 is 0 Å². The summed E-state index contributed by atoms with van der Waals surface area (Å²) in [6.07, 6.45) is 61.3. The fourth-order valence-corrected chi connectivity index (χ4v) is 12.0. The molecule has 0 saturated carbocycles. The van der Waals surface area contributed by atoms with E-state index in [9.17, 15) is 43.2 Å². The van der Waals surface area contributed by atoms with Crippen molar-refractivity contribution in [3.8, 4) is 0 Å². The van der Waals surface area contributed by atoms with Gasteiger partial charge in [-0.1, -0.05) is 289 Å². The molecular weight excluding hydrogens is 1230 g/mol. The van der Waals surface area contributed by atoms with E-state index in [1.165, 1.54) is 128 Å². The number of unbranched alkanes of at least 4 members (excludes halogenated alkanes) is 37. The number of hydrogen-bond donors (Lipinski definition) is 3. The summed E-state index contributed by atoms with van der Waals surface area (Å²) >= 11 is 0. The van der Waals surface area contributed by atoms with Gasteiger partial charge in [0.05, 0.1) is 26.4 Å². The summed E-state index contributed by atoms with van der Waals surface area (Å²) in [5.41, 5.74) is 0. The Balaban J connectivity index is 5.29. The van der Waals surface area contributed by atoms with E-state index >= 15 is 0 Å². The van der Waals surface area contributed by atoms with Gasteiger partial charge in [-0.25, -0.2) is 9.13 Å². The maximum atomic E-state index is 13.1. The zero-order chi connectivity index (χ0) is 69.1. The van der Waals surface area contributed by atoms with Crippen molar-refractivity contribution in [1.82, 2.24) is 0 Å². The molecule has 3 N–H and O–H groups in total. The van der Waals surface area contributed by atoms with Crippen molar-refractivity contribution in [2.45, 2.75) is 361 Å². The van der Waals surface area contributed by atoms with Gasteiger partial charge in [-0.05, 0) is 83.0 Å². The topological polar surface area (TPSA) is 237 Å². The predicted molar refractivity (Wildman–Crippen MR) is 381 cm³/mol. The molecule has 2 unspecified atom stereocenters. The second kappa shape index (κ2) is 67.2. The molecule has 0 fully saturated rings. The van der Waals surface area contributed by atoms with Crippen molar-refractivity contribution in [2.24, 2.45) is 5.92 Å². The first-order valence-electron chi connectivity index (χ1n) is 37.8. The van der Waals surface area contributed by atoms with Gasteiger partial charge in [0.2, 0.25) is 0 Å². The van der Waals surface area contributed by atoms with Gasteiger partial charge in [0.15, 0.2) is 12.2 Å². The Morgan fingerprint density at radius 1 is 0.330 bits per heavy atom. The number of carbonyl (C=O) groups is 4. The third-order valence-electron chi connectivity index (χ3n) is 16.3. The molecule has 0 aliphatic carbocycles. The van der Waals surface area contributed by atoms with Crippen LogP contribution in [-0.4, -0.2) is 96.7 Å². The molecule has 0 rings (SSSR count). The van der Waals surface area contributed by atoms with Crippen LogP contribution in [0.25, 0.3) is 0 Å². The van der Waals surface area contributed by atoms with Crippen molar-refractivity contribution in [3.63, 3.8) is 0 Å². The summed E-state index contributed by atoms with van der Waals surface area (Å²) in [5.74, 6) is -1.40. The third-order valence-corrected chi connectivity index (χ3v) is 18.2. The minimum atomic E-state index is -4.97. The monoisotopic (exact) mass is 1370 g/mol. The van der Waals surface area contributed by atoms with Crippen LogP contribution in [0.2, 0.25) is 0 Å². The minimum Gasteiger partial charge on any atom is -0.462 e. The van der Waals surface area contributed by atoms with Crippen molar-refractivity contribution in [1.29, 1.82) is 0 Å². The van der Waals surface area contributed by atoms with Crippen molar-refractivity contribution in [2.75, 3.05) is 39.6 Å². The van der Waals surface area contributed by atoms with Crippen LogP contribution in [0, 0.1) is 5.92 Å². The Morgan fingerprint density at radius 2 is 0.574 bits per heavy atom. The molecule has 0 spiro atoms. The maximum absolute atomic E-state index is 13.1. The average Bonchev–Trinajstić information content (AvgIpc) is 1.29. The van der Waals surface area contributed by atoms with Gasteiger partial charge in [-0.15, -0.1) is 0 Å². The van der Waals surface area contributed by atoms with E-state index in [1.807, 2.05) is 0 Å². The molecule has 0 heterocycles. The van der Waals surface area contributed by atoms with E-state index in [1.54, 1.807) is 0 Å². The van der Waals surface area contributed by atoms with E-state index in [-0.39, 0.29) is 25.7 Å². The quantitative estimate of drug-likeness (QED) is 0.0169. The number of carbonyl (C=O) groups excluding carboxylic acids is 4. The lowest BCUT2D eigenvalue weighted by atomic mass is 10.0. The molecule has 0 aromatic rings.